The Bertz CT molecular complexity index is 1270. The van der Waals surface area contributed by atoms with Gasteiger partial charge in [0.05, 0.1) is 24.4 Å². The Balaban J connectivity index is 1.80. The lowest BCUT2D eigenvalue weighted by molar-refractivity contribution is 0.313. The van der Waals surface area contributed by atoms with Gasteiger partial charge < -0.3 is 14.4 Å². The van der Waals surface area contributed by atoms with E-state index in [4.69, 9.17) is 14.5 Å². The summed E-state index contributed by atoms with van der Waals surface area (Å²) in [5.41, 5.74) is 5.84. The molecular formula is C27H28N2O2. The second-order valence-corrected chi connectivity index (χ2v) is 8.11. The van der Waals surface area contributed by atoms with Crippen LogP contribution in [0.4, 0.5) is 0 Å². The highest BCUT2D eigenvalue weighted by Crippen LogP contribution is 2.40. The first-order chi connectivity index (χ1) is 15.2. The summed E-state index contributed by atoms with van der Waals surface area (Å²) in [4.78, 5) is 7.59. The fourth-order valence-corrected chi connectivity index (χ4v) is 4.70. The SMILES string of the molecule is CCOc1ccc(-c2nc3ccc4ccccc4c3c3c2CN(C)CC3)c(OCC)c1. The summed E-state index contributed by atoms with van der Waals surface area (Å²) >= 11 is 0. The van der Waals surface area contributed by atoms with Crippen LogP contribution in [0.3, 0.4) is 0 Å². The summed E-state index contributed by atoms with van der Waals surface area (Å²) in [7, 11) is 2.18. The van der Waals surface area contributed by atoms with Crippen LogP contribution in [-0.2, 0) is 13.0 Å². The smallest absolute Gasteiger partial charge is 0.132 e. The van der Waals surface area contributed by atoms with Gasteiger partial charge in [0.2, 0.25) is 0 Å². The zero-order valence-electron chi connectivity index (χ0n) is 18.4. The summed E-state index contributed by atoms with van der Waals surface area (Å²) < 4.78 is 11.8. The highest BCUT2D eigenvalue weighted by Gasteiger charge is 2.24. The van der Waals surface area contributed by atoms with E-state index in [0.717, 1.165) is 47.8 Å². The van der Waals surface area contributed by atoms with Crippen LogP contribution in [0.15, 0.2) is 54.6 Å². The van der Waals surface area contributed by atoms with E-state index in [1.807, 2.05) is 26.0 Å². The molecule has 1 aliphatic rings. The summed E-state index contributed by atoms with van der Waals surface area (Å²) in [5, 5.41) is 3.85. The van der Waals surface area contributed by atoms with E-state index in [1.165, 1.54) is 27.3 Å². The van der Waals surface area contributed by atoms with Gasteiger partial charge in [-0.2, -0.15) is 0 Å². The monoisotopic (exact) mass is 412 g/mol. The Kier molecular flexibility index (Phi) is 5.24. The highest BCUT2D eigenvalue weighted by atomic mass is 16.5. The number of ether oxygens (including phenoxy) is 2. The van der Waals surface area contributed by atoms with E-state index in [1.54, 1.807) is 0 Å². The van der Waals surface area contributed by atoms with Gasteiger partial charge in [-0.3, -0.25) is 0 Å². The van der Waals surface area contributed by atoms with Crippen LogP contribution in [0.25, 0.3) is 32.9 Å². The molecule has 4 aromatic rings. The van der Waals surface area contributed by atoms with Gasteiger partial charge in [-0.1, -0.05) is 30.3 Å². The molecule has 0 bridgehead atoms. The second kappa shape index (κ2) is 8.20. The van der Waals surface area contributed by atoms with Crippen molar-refractivity contribution in [2.45, 2.75) is 26.8 Å². The summed E-state index contributed by atoms with van der Waals surface area (Å²) in [6.07, 6.45) is 1.02. The number of hydrogen-bond donors (Lipinski definition) is 0. The van der Waals surface area contributed by atoms with Gasteiger partial charge >= 0.3 is 0 Å². The molecule has 0 saturated carbocycles. The van der Waals surface area contributed by atoms with Crippen molar-refractivity contribution in [1.29, 1.82) is 0 Å². The van der Waals surface area contributed by atoms with Crippen LogP contribution < -0.4 is 9.47 Å². The molecule has 158 valence electrons. The summed E-state index contributed by atoms with van der Waals surface area (Å²) in [6, 6.07) is 19.1. The van der Waals surface area contributed by atoms with Crippen LogP contribution in [0.1, 0.15) is 25.0 Å². The molecule has 5 rings (SSSR count). The highest BCUT2D eigenvalue weighted by molar-refractivity contribution is 6.09. The van der Waals surface area contributed by atoms with Crippen molar-refractivity contribution in [3.05, 3.63) is 65.7 Å². The molecule has 31 heavy (non-hydrogen) atoms. The van der Waals surface area contributed by atoms with Crippen molar-refractivity contribution in [2.75, 3.05) is 26.8 Å². The van der Waals surface area contributed by atoms with E-state index < -0.39 is 0 Å². The lowest BCUT2D eigenvalue weighted by Crippen LogP contribution is -2.27. The number of hydrogen-bond acceptors (Lipinski definition) is 4. The molecule has 4 heteroatoms. The van der Waals surface area contributed by atoms with Crippen LogP contribution in [0, 0.1) is 0 Å². The van der Waals surface area contributed by atoms with Gasteiger partial charge in [0.15, 0.2) is 0 Å². The van der Waals surface area contributed by atoms with E-state index in [0.29, 0.717) is 13.2 Å². The number of rotatable bonds is 5. The summed E-state index contributed by atoms with van der Waals surface area (Å²) in [6.45, 7) is 7.18. The molecule has 1 aromatic heterocycles. The average Bonchev–Trinajstić information content (AvgIpc) is 2.79. The number of likely N-dealkylation sites (N-methyl/N-ethyl adjacent to an activating group) is 1. The van der Waals surface area contributed by atoms with E-state index in [2.05, 4.69) is 54.4 Å². The van der Waals surface area contributed by atoms with Crippen molar-refractivity contribution < 1.29 is 9.47 Å². The third kappa shape index (κ3) is 3.51. The first-order valence-electron chi connectivity index (χ1n) is 11.1. The second-order valence-electron chi connectivity index (χ2n) is 8.11. The lowest BCUT2D eigenvalue weighted by Gasteiger charge is -2.29. The minimum Gasteiger partial charge on any atom is -0.494 e. The third-order valence-corrected chi connectivity index (χ3v) is 6.08. The zero-order chi connectivity index (χ0) is 21.4. The van der Waals surface area contributed by atoms with Crippen molar-refractivity contribution in [2.24, 2.45) is 0 Å². The van der Waals surface area contributed by atoms with Gasteiger partial charge in [0.1, 0.15) is 11.5 Å². The number of aromatic nitrogens is 1. The fourth-order valence-electron chi connectivity index (χ4n) is 4.70. The van der Waals surface area contributed by atoms with Crippen molar-refractivity contribution in [3.63, 3.8) is 0 Å². The van der Waals surface area contributed by atoms with Crippen molar-refractivity contribution in [3.8, 4) is 22.8 Å². The molecule has 0 saturated heterocycles. The average molecular weight is 413 g/mol. The molecule has 0 fully saturated rings. The number of nitrogens with zero attached hydrogens (tertiary/aromatic N) is 2. The number of pyridine rings is 1. The van der Waals surface area contributed by atoms with Crippen molar-refractivity contribution in [1.82, 2.24) is 9.88 Å². The fraction of sp³-hybridized carbons (Fsp3) is 0.296. The first kappa shape index (κ1) is 19.8. The van der Waals surface area contributed by atoms with Crippen LogP contribution >= 0.6 is 0 Å². The molecule has 0 N–H and O–H groups in total. The van der Waals surface area contributed by atoms with Crippen LogP contribution in [-0.4, -0.2) is 36.7 Å². The van der Waals surface area contributed by atoms with Gasteiger partial charge in [-0.05, 0) is 67.4 Å². The Hall–Kier alpha value is -3.11. The van der Waals surface area contributed by atoms with Crippen LogP contribution in [0.2, 0.25) is 0 Å². The molecule has 0 amide bonds. The normalized spacial score (nSPS) is 14.0. The van der Waals surface area contributed by atoms with E-state index >= 15 is 0 Å². The minimum absolute atomic E-state index is 0.600. The van der Waals surface area contributed by atoms with Gasteiger partial charge in [-0.25, -0.2) is 4.98 Å². The van der Waals surface area contributed by atoms with Gasteiger partial charge in [0, 0.05) is 30.1 Å². The topological polar surface area (TPSA) is 34.6 Å². The van der Waals surface area contributed by atoms with Crippen molar-refractivity contribution >= 4 is 21.7 Å². The minimum atomic E-state index is 0.600. The lowest BCUT2D eigenvalue weighted by atomic mass is 9.89. The Morgan fingerprint density at radius 3 is 2.61 bits per heavy atom. The molecule has 3 aromatic carbocycles. The number of fused-ring (bicyclic) bond motifs is 5. The quantitative estimate of drug-likeness (QED) is 0.386. The molecule has 0 atom stereocenters. The van der Waals surface area contributed by atoms with Gasteiger partial charge in [-0.15, -0.1) is 0 Å². The van der Waals surface area contributed by atoms with E-state index in [-0.39, 0.29) is 0 Å². The largest absolute Gasteiger partial charge is 0.494 e. The molecule has 4 nitrogen and oxygen atoms in total. The van der Waals surface area contributed by atoms with Crippen LogP contribution in [0.5, 0.6) is 11.5 Å². The maximum Gasteiger partial charge on any atom is 0.132 e. The molecule has 0 spiro atoms. The van der Waals surface area contributed by atoms with E-state index in [9.17, 15) is 0 Å². The molecule has 0 aliphatic carbocycles. The third-order valence-electron chi connectivity index (χ3n) is 6.08. The Morgan fingerprint density at radius 1 is 0.935 bits per heavy atom. The Morgan fingerprint density at radius 2 is 1.77 bits per heavy atom. The maximum atomic E-state index is 6.04. The Labute approximate surface area is 183 Å². The molecule has 2 heterocycles. The molecule has 0 radical (unpaired) electrons. The first-order valence-corrected chi connectivity index (χ1v) is 11.1. The van der Waals surface area contributed by atoms with Gasteiger partial charge in [0.25, 0.3) is 0 Å². The summed E-state index contributed by atoms with van der Waals surface area (Å²) in [5.74, 6) is 1.66. The molecule has 0 unspecified atom stereocenters. The number of benzene rings is 3. The molecule has 1 aliphatic heterocycles. The maximum absolute atomic E-state index is 6.04. The standard InChI is InChI=1S/C27H28N2O2/c1-4-30-19-11-12-22(25(16-19)31-5-2)27-23-17-29(3)15-14-21(23)26-20-9-7-6-8-18(20)10-13-24(26)28-27/h6-13,16H,4-5,14-15,17H2,1-3H3. The predicted molar refractivity (Wildman–Crippen MR) is 127 cm³/mol. The molecular weight excluding hydrogens is 384 g/mol. The predicted octanol–water partition coefficient (Wildman–Crippen LogP) is 5.84. The zero-order valence-corrected chi connectivity index (χ0v) is 18.4.